The largest absolute Gasteiger partial charge is 0.508 e. The van der Waals surface area contributed by atoms with E-state index in [-0.39, 0.29) is 5.41 Å². The number of hydrogen-bond donors (Lipinski definition) is 1. The number of phenolic OH excluding ortho intramolecular Hbond substituents is 1. The van der Waals surface area contributed by atoms with Gasteiger partial charge in [-0.15, -0.1) is 0 Å². The van der Waals surface area contributed by atoms with E-state index in [9.17, 15) is 5.11 Å². The Morgan fingerprint density at radius 3 is 2.70 bits per heavy atom. The van der Waals surface area contributed by atoms with Gasteiger partial charge in [0.25, 0.3) is 0 Å². The number of phenols is 1. The molecule has 128 valence electrons. The average molecular weight is 316 g/mol. The maximum atomic E-state index is 9.81. The van der Waals surface area contributed by atoms with Crippen molar-refractivity contribution in [3.8, 4) is 5.75 Å². The number of rotatable bonds is 4. The number of likely N-dealkylation sites (tertiary alicyclic amines) is 1. The molecule has 0 radical (unpaired) electrons. The Bertz CT molecular complexity index is 508. The van der Waals surface area contributed by atoms with Crippen LogP contribution in [-0.2, 0) is 5.41 Å². The Labute approximate surface area is 141 Å². The van der Waals surface area contributed by atoms with Gasteiger partial charge in [-0.1, -0.05) is 58.1 Å². The molecule has 0 aromatic heterocycles. The van der Waals surface area contributed by atoms with Gasteiger partial charge in [0.1, 0.15) is 5.75 Å². The lowest BCUT2D eigenvalue weighted by molar-refractivity contribution is 0.103. The highest BCUT2D eigenvalue weighted by atomic mass is 16.3. The number of nitrogens with zero attached hydrogens (tertiary/aromatic N) is 1. The van der Waals surface area contributed by atoms with Crippen molar-refractivity contribution in [2.75, 3.05) is 19.6 Å². The van der Waals surface area contributed by atoms with Gasteiger partial charge in [-0.25, -0.2) is 0 Å². The van der Waals surface area contributed by atoms with Crippen LogP contribution in [0.4, 0.5) is 0 Å². The van der Waals surface area contributed by atoms with Crippen molar-refractivity contribution in [3.63, 3.8) is 0 Å². The van der Waals surface area contributed by atoms with Crippen molar-refractivity contribution in [3.05, 3.63) is 29.8 Å². The summed E-state index contributed by atoms with van der Waals surface area (Å²) in [6, 6.07) is 7.91. The summed E-state index contributed by atoms with van der Waals surface area (Å²) in [5.41, 5.74) is 1.50. The first-order chi connectivity index (χ1) is 11.1. The molecular formula is C21H33NO. The van der Waals surface area contributed by atoms with Gasteiger partial charge in [-0.2, -0.15) is 0 Å². The molecule has 1 aromatic carbocycles. The van der Waals surface area contributed by atoms with Gasteiger partial charge in [0.2, 0.25) is 0 Å². The Balaban J connectivity index is 1.56. The standard InChI is InChI=1S/C21H33NO/c1-17-16-22(13-11-18-7-4-3-5-8-18)14-12-21(17,2)19-9-6-10-20(23)15-19/h6,9-10,15,17-18,23H,3-5,7-8,11-14,16H2,1-2H3. The minimum Gasteiger partial charge on any atom is -0.508 e. The Kier molecular flexibility index (Phi) is 5.31. The predicted octanol–water partition coefficient (Wildman–Crippen LogP) is 4.96. The fourth-order valence-electron chi connectivity index (χ4n) is 4.65. The number of piperidine rings is 1. The average Bonchev–Trinajstić information content (AvgIpc) is 2.57. The first-order valence-electron chi connectivity index (χ1n) is 9.60. The lowest BCUT2D eigenvalue weighted by Crippen LogP contribution is -2.47. The monoisotopic (exact) mass is 315 g/mol. The van der Waals surface area contributed by atoms with Gasteiger partial charge in [0, 0.05) is 6.54 Å². The zero-order chi connectivity index (χ0) is 16.3. The summed E-state index contributed by atoms with van der Waals surface area (Å²) in [7, 11) is 0. The molecule has 1 aliphatic carbocycles. The van der Waals surface area contributed by atoms with E-state index < -0.39 is 0 Å². The molecule has 2 atom stereocenters. The van der Waals surface area contributed by atoms with E-state index in [0.29, 0.717) is 11.7 Å². The summed E-state index contributed by atoms with van der Waals surface area (Å²) >= 11 is 0. The highest BCUT2D eigenvalue weighted by molar-refractivity contribution is 5.33. The quantitative estimate of drug-likeness (QED) is 0.848. The molecule has 0 bridgehead atoms. The third kappa shape index (κ3) is 3.91. The third-order valence-electron chi connectivity index (χ3n) is 6.65. The molecule has 1 saturated heterocycles. The molecule has 2 heteroatoms. The second kappa shape index (κ2) is 7.25. The van der Waals surface area contributed by atoms with Crippen LogP contribution in [0.5, 0.6) is 5.75 Å². The van der Waals surface area contributed by atoms with Crippen LogP contribution in [0.3, 0.4) is 0 Å². The molecule has 0 spiro atoms. The maximum absolute atomic E-state index is 9.81. The molecule has 1 saturated carbocycles. The van der Waals surface area contributed by atoms with Crippen LogP contribution < -0.4 is 0 Å². The molecule has 2 aliphatic rings. The van der Waals surface area contributed by atoms with Crippen molar-refractivity contribution in [1.29, 1.82) is 0 Å². The van der Waals surface area contributed by atoms with E-state index in [1.807, 2.05) is 12.1 Å². The van der Waals surface area contributed by atoms with E-state index in [1.54, 1.807) is 6.07 Å². The molecule has 1 heterocycles. The zero-order valence-corrected chi connectivity index (χ0v) is 14.9. The Hall–Kier alpha value is -1.02. The van der Waals surface area contributed by atoms with Crippen LogP contribution in [0.1, 0.15) is 64.4 Å². The number of benzene rings is 1. The van der Waals surface area contributed by atoms with Gasteiger partial charge in [-0.05, 0) is 60.9 Å². The predicted molar refractivity (Wildman–Crippen MR) is 96.9 cm³/mol. The molecule has 1 aromatic rings. The summed E-state index contributed by atoms with van der Waals surface area (Å²) in [5.74, 6) is 2.01. The minimum atomic E-state index is 0.195. The Morgan fingerprint density at radius 2 is 2.00 bits per heavy atom. The van der Waals surface area contributed by atoms with Crippen molar-refractivity contribution < 1.29 is 5.11 Å². The van der Waals surface area contributed by atoms with Crippen molar-refractivity contribution in [2.45, 2.75) is 64.2 Å². The second-order valence-electron chi connectivity index (χ2n) is 8.21. The van der Waals surface area contributed by atoms with E-state index in [0.717, 1.165) is 5.92 Å². The minimum absolute atomic E-state index is 0.195. The van der Waals surface area contributed by atoms with Gasteiger partial charge in [0.15, 0.2) is 0 Å². The van der Waals surface area contributed by atoms with E-state index in [4.69, 9.17) is 0 Å². The topological polar surface area (TPSA) is 23.5 Å². The maximum Gasteiger partial charge on any atom is 0.115 e. The van der Waals surface area contributed by atoms with E-state index in [2.05, 4.69) is 24.8 Å². The molecule has 1 N–H and O–H groups in total. The van der Waals surface area contributed by atoms with Gasteiger partial charge < -0.3 is 10.0 Å². The van der Waals surface area contributed by atoms with Crippen LogP contribution in [0.2, 0.25) is 0 Å². The van der Waals surface area contributed by atoms with E-state index in [1.165, 1.54) is 70.1 Å². The highest BCUT2D eigenvalue weighted by Gasteiger charge is 2.38. The summed E-state index contributed by atoms with van der Waals surface area (Å²) < 4.78 is 0. The molecule has 1 aliphatic heterocycles. The van der Waals surface area contributed by atoms with Crippen LogP contribution in [-0.4, -0.2) is 29.6 Å². The van der Waals surface area contributed by atoms with Crippen LogP contribution in [0.25, 0.3) is 0 Å². The fourth-order valence-corrected chi connectivity index (χ4v) is 4.65. The molecule has 2 unspecified atom stereocenters. The van der Waals surface area contributed by atoms with Crippen LogP contribution >= 0.6 is 0 Å². The number of aromatic hydroxyl groups is 1. The lowest BCUT2D eigenvalue weighted by atomic mass is 9.68. The van der Waals surface area contributed by atoms with Gasteiger partial charge in [0.05, 0.1) is 0 Å². The van der Waals surface area contributed by atoms with Crippen molar-refractivity contribution >= 4 is 0 Å². The van der Waals surface area contributed by atoms with Crippen LogP contribution in [0.15, 0.2) is 24.3 Å². The molecule has 23 heavy (non-hydrogen) atoms. The normalized spacial score (nSPS) is 30.4. The van der Waals surface area contributed by atoms with Gasteiger partial charge in [-0.3, -0.25) is 0 Å². The zero-order valence-electron chi connectivity index (χ0n) is 14.9. The first kappa shape index (κ1) is 16.8. The van der Waals surface area contributed by atoms with Gasteiger partial charge >= 0.3 is 0 Å². The molecule has 0 amide bonds. The molecule has 2 fully saturated rings. The smallest absolute Gasteiger partial charge is 0.115 e. The molecule has 3 rings (SSSR count). The lowest BCUT2D eigenvalue weighted by Gasteiger charge is -2.45. The Morgan fingerprint density at radius 1 is 1.22 bits per heavy atom. The summed E-state index contributed by atoms with van der Waals surface area (Å²) in [6.45, 7) is 8.44. The first-order valence-corrected chi connectivity index (χ1v) is 9.60. The number of hydrogen-bond acceptors (Lipinski definition) is 2. The fraction of sp³-hybridized carbons (Fsp3) is 0.714. The van der Waals surface area contributed by atoms with E-state index >= 15 is 0 Å². The summed E-state index contributed by atoms with van der Waals surface area (Å²) in [6.07, 6.45) is 9.89. The molecule has 2 nitrogen and oxygen atoms in total. The summed E-state index contributed by atoms with van der Waals surface area (Å²) in [5, 5.41) is 9.81. The third-order valence-corrected chi connectivity index (χ3v) is 6.65. The second-order valence-corrected chi connectivity index (χ2v) is 8.21. The SMILES string of the molecule is CC1CN(CCC2CCCCC2)CCC1(C)c1cccc(O)c1. The molecular weight excluding hydrogens is 282 g/mol. The van der Waals surface area contributed by atoms with Crippen LogP contribution in [0, 0.1) is 11.8 Å². The summed E-state index contributed by atoms with van der Waals surface area (Å²) in [4.78, 5) is 2.68. The van der Waals surface area contributed by atoms with Crippen molar-refractivity contribution in [2.24, 2.45) is 11.8 Å². The highest BCUT2D eigenvalue weighted by Crippen LogP contribution is 2.40. The van der Waals surface area contributed by atoms with Crippen molar-refractivity contribution in [1.82, 2.24) is 4.90 Å².